The summed E-state index contributed by atoms with van der Waals surface area (Å²) in [6.45, 7) is 7.59. The molecule has 0 amide bonds. The van der Waals surface area contributed by atoms with E-state index in [1.807, 2.05) is 18.3 Å². The molecule has 0 unspecified atom stereocenters. The number of unbranched alkanes of at least 4 members (excludes halogenated alkanes) is 1. The van der Waals surface area contributed by atoms with Crippen LogP contribution >= 0.6 is 0 Å². The lowest BCUT2D eigenvalue weighted by Gasteiger charge is -2.24. The quantitative estimate of drug-likeness (QED) is 0.242. The molecule has 0 atom stereocenters. The Bertz CT molecular complexity index is 1170. The molecule has 3 nitrogen and oxygen atoms in total. The van der Waals surface area contributed by atoms with Crippen molar-refractivity contribution >= 4 is 0 Å². The molecule has 4 aromatic rings. The van der Waals surface area contributed by atoms with Gasteiger partial charge in [0, 0.05) is 31.7 Å². The zero-order valence-electron chi connectivity index (χ0n) is 20.3. The second-order valence-electron chi connectivity index (χ2n) is 8.96. The molecule has 176 valence electrons. The molecule has 0 fully saturated rings. The van der Waals surface area contributed by atoms with E-state index < -0.39 is 0 Å². The average Bonchev–Trinajstić information content (AvgIpc) is 3.26. The highest BCUT2D eigenvalue weighted by Gasteiger charge is 2.16. The smallest absolute Gasteiger partial charge is 0.140 e. The Hall–Kier alpha value is -3.24. The Balaban J connectivity index is 1.61. The van der Waals surface area contributed by atoms with Crippen LogP contribution in [0.4, 0.5) is 4.39 Å². The Morgan fingerprint density at radius 3 is 2.38 bits per heavy atom. The van der Waals surface area contributed by atoms with Gasteiger partial charge in [0.1, 0.15) is 11.6 Å². The van der Waals surface area contributed by atoms with E-state index in [4.69, 9.17) is 4.98 Å². The van der Waals surface area contributed by atoms with Crippen LogP contribution in [0, 0.1) is 12.7 Å². The molecule has 0 N–H and O–H groups in total. The minimum Gasteiger partial charge on any atom is -0.327 e. The highest BCUT2D eigenvalue weighted by molar-refractivity contribution is 5.55. The van der Waals surface area contributed by atoms with Crippen molar-refractivity contribution in [2.75, 3.05) is 6.54 Å². The second kappa shape index (κ2) is 11.8. The lowest BCUT2D eigenvalue weighted by atomic mass is 10.1. The Morgan fingerprint density at radius 1 is 0.912 bits per heavy atom. The third-order valence-electron chi connectivity index (χ3n) is 6.36. The van der Waals surface area contributed by atoms with Crippen molar-refractivity contribution in [1.29, 1.82) is 0 Å². The van der Waals surface area contributed by atoms with Gasteiger partial charge in [-0.1, -0.05) is 80.1 Å². The summed E-state index contributed by atoms with van der Waals surface area (Å²) < 4.78 is 16.4. The van der Waals surface area contributed by atoms with Crippen LogP contribution in [0.15, 0.2) is 85.1 Å². The zero-order valence-corrected chi connectivity index (χ0v) is 20.3. The molecule has 3 aromatic carbocycles. The van der Waals surface area contributed by atoms with Gasteiger partial charge in [-0.3, -0.25) is 4.90 Å². The van der Waals surface area contributed by atoms with Crippen LogP contribution in [0.25, 0.3) is 11.4 Å². The number of aryl methyl sites for hydroxylation is 1. The van der Waals surface area contributed by atoms with Crippen LogP contribution in [-0.4, -0.2) is 21.0 Å². The van der Waals surface area contributed by atoms with Crippen LogP contribution in [-0.2, 0) is 26.1 Å². The summed E-state index contributed by atoms with van der Waals surface area (Å²) in [5.74, 6) is 0.844. The topological polar surface area (TPSA) is 21.1 Å². The van der Waals surface area contributed by atoms with Crippen LogP contribution in [0.1, 0.15) is 42.1 Å². The highest BCUT2D eigenvalue weighted by Crippen LogP contribution is 2.23. The Labute approximate surface area is 202 Å². The van der Waals surface area contributed by atoms with E-state index in [1.54, 1.807) is 12.1 Å². The van der Waals surface area contributed by atoms with E-state index in [0.29, 0.717) is 6.54 Å². The average molecular weight is 456 g/mol. The summed E-state index contributed by atoms with van der Waals surface area (Å²) in [4.78, 5) is 7.25. The molecule has 0 aliphatic carbocycles. The molecule has 4 heteroatoms. The maximum atomic E-state index is 14.0. The number of rotatable bonds is 11. The lowest BCUT2D eigenvalue weighted by Crippen LogP contribution is -2.27. The summed E-state index contributed by atoms with van der Waals surface area (Å²) >= 11 is 0. The van der Waals surface area contributed by atoms with Gasteiger partial charge >= 0.3 is 0 Å². The van der Waals surface area contributed by atoms with Gasteiger partial charge in [-0.15, -0.1) is 0 Å². The van der Waals surface area contributed by atoms with Crippen molar-refractivity contribution < 1.29 is 4.39 Å². The van der Waals surface area contributed by atoms with Crippen LogP contribution < -0.4 is 0 Å². The third-order valence-corrected chi connectivity index (χ3v) is 6.36. The third kappa shape index (κ3) is 6.21. The molecule has 0 saturated carbocycles. The van der Waals surface area contributed by atoms with E-state index in [9.17, 15) is 4.39 Å². The number of halogens is 1. The van der Waals surface area contributed by atoms with E-state index in [1.165, 1.54) is 11.3 Å². The molecule has 0 bridgehead atoms. The van der Waals surface area contributed by atoms with Crippen molar-refractivity contribution in [3.8, 4) is 11.4 Å². The standard InChI is InChI=1S/C30H34FN3/c1-3-4-18-34-29(21-32-30(34)26-13-9-6-10-14-26)23-33(19-17-25-11-7-5-8-12-25)22-27-20-28(31)16-15-24(27)2/h5-16,20-21H,3-4,17-19,22-23H2,1-2H3. The summed E-state index contributed by atoms with van der Waals surface area (Å²) in [5.41, 5.74) is 5.82. The van der Waals surface area contributed by atoms with Gasteiger partial charge in [0.2, 0.25) is 0 Å². The number of imidazole rings is 1. The molecular formula is C30H34FN3. The Kier molecular flexibility index (Phi) is 8.26. The molecule has 0 aliphatic heterocycles. The predicted molar refractivity (Wildman–Crippen MR) is 138 cm³/mol. The maximum Gasteiger partial charge on any atom is 0.140 e. The lowest BCUT2D eigenvalue weighted by molar-refractivity contribution is 0.252. The number of nitrogens with zero attached hydrogens (tertiary/aromatic N) is 3. The first kappa shape index (κ1) is 23.9. The monoisotopic (exact) mass is 455 g/mol. The van der Waals surface area contributed by atoms with Gasteiger partial charge in [-0.25, -0.2) is 9.37 Å². The maximum absolute atomic E-state index is 14.0. The fourth-order valence-electron chi connectivity index (χ4n) is 4.35. The number of aromatic nitrogens is 2. The normalized spacial score (nSPS) is 11.3. The number of hydrogen-bond donors (Lipinski definition) is 0. The summed E-state index contributed by atoms with van der Waals surface area (Å²) in [6.07, 6.45) is 5.21. The predicted octanol–water partition coefficient (Wildman–Crippen LogP) is 7.04. The molecule has 34 heavy (non-hydrogen) atoms. The number of benzene rings is 3. The SMILES string of the molecule is CCCCn1c(CN(CCc2ccccc2)Cc2cc(F)ccc2C)cnc1-c1ccccc1. The molecular weight excluding hydrogens is 421 g/mol. The van der Waals surface area contributed by atoms with Crippen LogP contribution in [0.2, 0.25) is 0 Å². The molecule has 0 radical (unpaired) electrons. The summed E-state index contributed by atoms with van der Waals surface area (Å²) in [6, 6.07) is 26.1. The highest BCUT2D eigenvalue weighted by atomic mass is 19.1. The zero-order chi connectivity index (χ0) is 23.8. The van der Waals surface area contributed by atoms with Gasteiger partial charge < -0.3 is 4.57 Å². The minimum atomic E-state index is -0.178. The van der Waals surface area contributed by atoms with Crippen molar-refractivity contribution in [2.24, 2.45) is 0 Å². The fourth-order valence-corrected chi connectivity index (χ4v) is 4.35. The second-order valence-corrected chi connectivity index (χ2v) is 8.96. The summed E-state index contributed by atoms with van der Waals surface area (Å²) in [5, 5.41) is 0. The van der Waals surface area contributed by atoms with E-state index >= 15 is 0 Å². The van der Waals surface area contributed by atoms with Gasteiger partial charge in [0.15, 0.2) is 0 Å². The largest absolute Gasteiger partial charge is 0.327 e. The molecule has 1 aromatic heterocycles. The van der Waals surface area contributed by atoms with Gasteiger partial charge in [-0.2, -0.15) is 0 Å². The van der Waals surface area contributed by atoms with E-state index in [-0.39, 0.29) is 5.82 Å². The van der Waals surface area contributed by atoms with Gasteiger partial charge in [0.05, 0.1) is 11.9 Å². The molecule has 0 spiro atoms. The van der Waals surface area contributed by atoms with Crippen molar-refractivity contribution in [2.45, 2.75) is 52.7 Å². The van der Waals surface area contributed by atoms with Crippen molar-refractivity contribution in [3.63, 3.8) is 0 Å². The van der Waals surface area contributed by atoms with E-state index in [0.717, 1.165) is 61.4 Å². The first-order chi connectivity index (χ1) is 16.6. The van der Waals surface area contributed by atoms with Gasteiger partial charge in [-0.05, 0) is 48.6 Å². The van der Waals surface area contributed by atoms with Crippen LogP contribution in [0.3, 0.4) is 0 Å². The molecule has 1 heterocycles. The minimum absolute atomic E-state index is 0.178. The molecule has 0 saturated heterocycles. The first-order valence-corrected chi connectivity index (χ1v) is 12.2. The van der Waals surface area contributed by atoms with Crippen molar-refractivity contribution in [3.05, 3.63) is 113 Å². The Morgan fingerprint density at radius 2 is 1.65 bits per heavy atom. The van der Waals surface area contributed by atoms with E-state index in [2.05, 4.69) is 77.9 Å². The van der Waals surface area contributed by atoms with Crippen LogP contribution in [0.5, 0.6) is 0 Å². The first-order valence-electron chi connectivity index (χ1n) is 12.2. The number of hydrogen-bond acceptors (Lipinski definition) is 2. The summed E-state index contributed by atoms with van der Waals surface area (Å²) in [7, 11) is 0. The van der Waals surface area contributed by atoms with Crippen molar-refractivity contribution in [1.82, 2.24) is 14.5 Å². The fraction of sp³-hybridized carbons (Fsp3) is 0.300. The molecule has 4 rings (SSSR count). The van der Waals surface area contributed by atoms with Gasteiger partial charge in [0.25, 0.3) is 0 Å². The molecule has 0 aliphatic rings.